The van der Waals surface area contributed by atoms with Crippen LogP contribution in [-0.4, -0.2) is 26.7 Å². The number of carbonyl (C=O) groups excluding carboxylic acids is 1. The fourth-order valence-corrected chi connectivity index (χ4v) is 3.16. The van der Waals surface area contributed by atoms with Gasteiger partial charge in [-0.05, 0) is 47.0 Å². The van der Waals surface area contributed by atoms with Crippen molar-refractivity contribution in [1.82, 2.24) is 14.3 Å². The number of benzene rings is 1. The lowest BCUT2D eigenvalue weighted by Crippen LogP contribution is -2.32. The Morgan fingerprint density at radius 3 is 2.58 bits per heavy atom. The van der Waals surface area contributed by atoms with E-state index in [1.54, 1.807) is 0 Å². The first-order chi connectivity index (χ1) is 11.6. The summed E-state index contributed by atoms with van der Waals surface area (Å²) >= 11 is 3.48. The number of aromatic nitrogens is 2. The number of pyridine rings is 1. The van der Waals surface area contributed by atoms with Gasteiger partial charge in [-0.25, -0.2) is 4.98 Å². The van der Waals surface area contributed by atoms with E-state index in [0.29, 0.717) is 18.8 Å². The molecule has 0 aliphatic rings. The van der Waals surface area contributed by atoms with E-state index in [2.05, 4.69) is 20.9 Å². The molecule has 0 radical (unpaired) electrons. The molecule has 24 heavy (non-hydrogen) atoms. The van der Waals surface area contributed by atoms with Gasteiger partial charge in [0.05, 0.1) is 5.69 Å². The van der Waals surface area contributed by atoms with Crippen LogP contribution in [0.3, 0.4) is 0 Å². The Balaban J connectivity index is 2.01. The number of carbonyl (C=O) groups is 1. The Bertz CT molecular complexity index is 858. The standard InChI is InChI=1S/C19H20BrN3O/c1-3-16-18(23-13-15(20)10-11-17(23)21-16)19(24)22(4-2)12-14-8-6-5-7-9-14/h5-11,13H,3-4,12H2,1-2H3. The maximum atomic E-state index is 13.2. The molecule has 1 amide bonds. The minimum absolute atomic E-state index is 0.0174. The minimum atomic E-state index is 0.0174. The third-order valence-electron chi connectivity index (χ3n) is 4.08. The molecule has 0 bridgehead atoms. The number of rotatable bonds is 5. The Kier molecular flexibility index (Phi) is 5.00. The van der Waals surface area contributed by atoms with Crippen LogP contribution < -0.4 is 0 Å². The molecule has 0 saturated heterocycles. The number of amides is 1. The van der Waals surface area contributed by atoms with Crippen LogP contribution in [-0.2, 0) is 13.0 Å². The van der Waals surface area contributed by atoms with Gasteiger partial charge in [-0.2, -0.15) is 0 Å². The highest BCUT2D eigenvalue weighted by Crippen LogP contribution is 2.20. The lowest BCUT2D eigenvalue weighted by atomic mass is 10.2. The van der Waals surface area contributed by atoms with Crippen LogP contribution in [0.2, 0.25) is 0 Å². The number of nitrogens with zero attached hydrogens (tertiary/aromatic N) is 3. The number of aryl methyl sites for hydroxylation is 1. The predicted octanol–water partition coefficient (Wildman–Crippen LogP) is 4.32. The molecule has 0 fully saturated rings. The summed E-state index contributed by atoms with van der Waals surface area (Å²) in [5.41, 5.74) is 3.42. The van der Waals surface area contributed by atoms with Gasteiger partial charge in [0, 0.05) is 23.8 Å². The van der Waals surface area contributed by atoms with E-state index < -0.39 is 0 Å². The molecule has 0 aliphatic heterocycles. The average molecular weight is 386 g/mol. The van der Waals surface area contributed by atoms with Crippen molar-refractivity contribution < 1.29 is 4.79 Å². The highest BCUT2D eigenvalue weighted by Gasteiger charge is 2.23. The first-order valence-electron chi connectivity index (χ1n) is 8.13. The van der Waals surface area contributed by atoms with E-state index in [0.717, 1.165) is 27.8 Å². The average Bonchev–Trinajstić information content (AvgIpc) is 2.97. The fourth-order valence-electron chi connectivity index (χ4n) is 2.82. The molecular weight excluding hydrogens is 366 g/mol. The maximum Gasteiger partial charge on any atom is 0.273 e. The van der Waals surface area contributed by atoms with Crippen molar-refractivity contribution in [3.8, 4) is 0 Å². The van der Waals surface area contributed by atoms with E-state index in [-0.39, 0.29) is 5.91 Å². The molecule has 0 aliphatic carbocycles. The molecule has 0 spiro atoms. The van der Waals surface area contributed by atoms with E-state index in [1.807, 2.05) is 71.8 Å². The van der Waals surface area contributed by atoms with Gasteiger partial charge in [-0.1, -0.05) is 37.3 Å². The molecule has 0 N–H and O–H groups in total. The third kappa shape index (κ3) is 3.22. The second-order valence-corrected chi connectivity index (χ2v) is 6.56. The number of hydrogen-bond donors (Lipinski definition) is 0. The van der Waals surface area contributed by atoms with Gasteiger partial charge in [0.25, 0.3) is 5.91 Å². The van der Waals surface area contributed by atoms with Gasteiger partial charge in [-0.15, -0.1) is 0 Å². The van der Waals surface area contributed by atoms with Gasteiger partial charge in [0.2, 0.25) is 0 Å². The largest absolute Gasteiger partial charge is 0.333 e. The molecule has 2 aromatic heterocycles. The molecule has 0 atom stereocenters. The van der Waals surface area contributed by atoms with E-state index in [1.165, 1.54) is 0 Å². The number of hydrogen-bond acceptors (Lipinski definition) is 2. The Hall–Kier alpha value is -2.14. The first kappa shape index (κ1) is 16.7. The summed E-state index contributed by atoms with van der Waals surface area (Å²) in [4.78, 5) is 19.7. The van der Waals surface area contributed by atoms with Gasteiger partial charge < -0.3 is 4.90 Å². The summed E-state index contributed by atoms with van der Waals surface area (Å²) < 4.78 is 2.81. The van der Waals surface area contributed by atoms with Crippen LogP contribution in [0.1, 0.15) is 35.6 Å². The zero-order chi connectivity index (χ0) is 17.1. The smallest absolute Gasteiger partial charge is 0.273 e. The molecule has 3 rings (SSSR count). The molecule has 3 aromatic rings. The molecule has 0 unspecified atom stereocenters. The zero-order valence-corrected chi connectivity index (χ0v) is 15.5. The lowest BCUT2D eigenvalue weighted by Gasteiger charge is -2.21. The van der Waals surface area contributed by atoms with Gasteiger partial charge in [-0.3, -0.25) is 9.20 Å². The summed E-state index contributed by atoms with van der Waals surface area (Å²) in [6, 6.07) is 13.9. The minimum Gasteiger partial charge on any atom is -0.333 e. The monoisotopic (exact) mass is 385 g/mol. The van der Waals surface area contributed by atoms with Gasteiger partial charge >= 0.3 is 0 Å². The first-order valence-corrected chi connectivity index (χ1v) is 8.93. The number of halogens is 1. The SMILES string of the molecule is CCc1nc2ccc(Br)cn2c1C(=O)N(CC)Cc1ccccc1. The molecule has 124 valence electrons. The summed E-state index contributed by atoms with van der Waals surface area (Å²) in [5, 5.41) is 0. The van der Waals surface area contributed by atoms with Crippen molar-refractivity contribution in [3.05, 3.63) is 70.1 Å². The predicted molar refractivity (Wildman–Crippen MR) is 99.1 cm³/mol. The van der Waals surface area contributed by atoms with Crippen molar-refractivity contribution in [3.63, 3.8) is 0 Å². The molecule has 2 heterocycles. The van der Waals surface area contributed by atoms with E-state index in [9.17, 15) is 4.79 Å². The molecule has 4 nitrogen and oxygen atoms in total. The quantitative estimate of drug-likeness (QED) is 0.655. The summed E-state index contributed by atoms with van der Waals surface area (Å²) in [6.45, 7) is 5.28. The molecule has 1 aromatic carbocycles. The third-order valence-corrected chi connectivity index (χ3v) is 4.55. The van der Waals surface area contributed by atoms with E-state index in [4.69, 9.17) is 0 Å². The van der Waals surface area contributed by atoms with Crippen LogP contribution >= 0.6 is 15.9 Å². The van der Waals surface area contributed by atoms with Crippen LogP contribution in [0.5, 0.6) is 0 Å². The van der Waals surface area contributed by atoms with Crippen LogP contribution in [0, 0.1) is 0 Å². The van der Waals surface area contributed by atoms with Gasteiger partial charge in [0.15, 0.2) is 0 Å². The second-order valence-electron chi connectivity index (χ2n) is 5.64. The van der Waals surface area contributed by atoms with Crippen molar-refractivity contribution in [2.24, 2.45) is 0 Å². The Morgan fingerprint density at radius 2 is 1.92 bits per heavy atom. The van der Waals surface area contributed by atoms with Gasteiger partial charge in [0.1, 0.15) is 11.3 Å². The van der Waals surface area contributed by atoms with Crippen LogP contribution in [0.25, 0.3) is 5.65 Å². The summed E-state index contributed by atoms with van der Waals surface area (Å²) in [7, 11) is 0. The van der Waals surface area contributed by atoms with Crippen molar-refractivity contribution in [2.75, 3.05) is 6.54 Å². The zero-order valence-electron chi connectivity index (χ0n) is 13.9. The molecular formula is C19H20BrN3O. The Labute approximate surface area is 150 Å². The van der Waals surface area contributed by atoms with Crippen molar-refractivity contribution in [1.29, 1.82) is 0 Å². The summed E-state index contributed by atoms with van der Waals surface area (Å²) in [6.07, 6.45) is 2.63. The number of fused-ring (bicyclic) bond motifs is 1. The number of imidazole rings is 1. The molecule has 0 saturated carbocycles. The topological polar surface area (TPSA) is 37.6 Å². The van der Waals surface area contributed by atoms with Crippen molar-refractivity contribution in [2.45, 2.75) is 26.8 Å². The van der Waals surface area contributed by atoms with E-state index >= 15 is 0 Å². The second kappa shape index (κ2) is 7.18. The van der Waals surface area contributed by atoms with Crippen LogP contribution in [0.15, 0.2) is 53.1 Å². The lowest BCUT2D eigenvalue weighted by molar-refractivity contribution is 0.0744. The van der Waals surface area contributed by atoms with Crippen LogP contribution in [0.4, 0.5) is 0 Å². The highest BCUT2D eigenvalue weighted by molar-refractivity contribution is 9.10. The maximum absolute atomic E-state index is 13.2. The summed E-state index contributed by atoms with van der Waals surface area (Å²) in [5.74, 6) is 0.0174. The normalized spacial score (nSPS) is 11.0. The molecule has 5 heteroatoms. The van der Waals surface area contributed by atoms with Crippen molar-refractivity contribution >= 4 is 27.5 Å². The Morgan fingerprint density at radius 1 is 1.17 bits per heavy atom. The fraction of sp³-hybridized carbons (Fsp3) is 0.263. The highest BCUT2D eigenvalue weighted by atomic mass is 79.9.